The van der Waals surface area contributed by atoms with Gasteiger partial charge in [0.2, 0.25) is 0 Å². The Bertz CT molecular complexity index is 1050. The average molecular weight is 401 g/mol. The first-order valence-corrected chi connectivity index (χ1v) is 11.1. The number of imidazole rings is 1. The molecule has 7 heteroatoms. The van der Waals surface area contributed by atoms with Gasteiger partial charge in [0, 0.05) is 20.0 Å². The minimum absolute atomic E-state index is 0.249. The molecule has 150 valence electrons. The SMILES string of the molecule is CCN(CC)CCc1nc2cc(NS(=O)(=O)c3ccc(C)cc3)ccc2n1C. The van der Waals surface area contributed by atoms with Gasteiger partial charge >= 0.3 is 0 Å². The van der Waals surface area contributed by atoms with Gasteiger partial charge in [0.15, 0.2) is 0 Å². The molecule has 0 spiro atoms. The molecule has 0 atom stereocenters. The first kappa shape index (κ1) is 20.4. The topological polar surface area (TPSA) is 67.2 Å². The Morgan fingerprint density at radius 2 is 1.75 bits per heavy atom. The summed E-state index contributed by atoms with van der Waals surface area (Å²) in [6.07, 6.45) is 0.858. The van der Waals surface area contributed by atoms with Gasteiger partial charge in [-0.1, -0.05) is 31.5 Å². The molecule has 0 unspecified atom stereocenters. The van der Waals surface area contributed by atoms with Crippen LogP contribution in [0.15, 0.2) is 47.4 Å². The third-order valence-corrected chi connectivity index (χ3v) is 6.50. The van der Waals surface area contributed by atoms with Crippen LogP contribution in [0.4, 0.5) is 5.69 Å². The number of anilines is 1. The number of aromatic nitrogens is 2. The predicted molar refractivity (Wildman–Crippen MR) is 114 cm³/mol. The smallest absolute Gasteiger partial charge is 0.261 e. The molecular weight excluding hydrogens is 372 g/mol. The maximum Gasteiger partial charge on any atom is 0.261 e. The summed E-state index contributed by atoms with van der Waals surface area (Å²) in [5.41, 5.74) is 3.32. The summed E-state index contributed by atoms with van der Waals surface area (Å²) in [6, 6.07) is 12.3. The molecule has 6 nitrogen and oxygen atoms in total. The zero-order chi connectivity index (χ0) is 20.3. The van der Waals surface area contributed by atoms with Crippen LogP contribution in [0.25, 0.3) is 11.0 Å². The molecule has 1 heterocycles. The van der Waals surface area contributed by atoms with Gasteiger partial charge in [0.25, 0.3) is 10.0 Å². The second-order valence-electron chi connectivity index (χ2n) is 6.99. The van der Waals surface area contributed by atoms with E-state index in [2.05, 4.69) is 28.0 Å². The van der Waals surface area contributed by atoms with Crippen LogP contribution < -0.4 is 4.72 Å². The summed E-state index contributed by atoms with van der Waals surface area (Å²) in [5, 5.41) is 0. The van der Waals surface area contributed by atoms with Crippen LogP contribution in [-0.2, 0) is 23.5 Å². The van der Waals surface area contributed by atoms with E-state index in [1.54, 1.807) is 36.4 Å². The Labute approximate surface area is 167 Å². The van der Waals surface area contributed by atoms with Crippen LogP contribution in [-0.4, -0.2) is 42.5 Å². The number of aryl methyl sites for hydroxylation is 2. The largest absolute Gasteiger partial charge is 0.331 e. The summed E-state index contributed by atoms with van der Waals surface area (Å²) in [6.45, 7) is 9.24. The Hall–Kier alpha value is -2.38. The molecule has 0 aliphatic rings. The molecule has 3 rings (SSSR count). The van der Waals surface area contributed by atoms with Crippen LogP contribution >= 0.6 is 0 Å². The van der Waals surface area contributed by atoms with Gasteiger partial charge in [-0.2, -0.15) is 0 Å². The number of hydrogen-bond acceptors (Lipinski definition) is 4. The molecule has 0 radical (unpaired) electrons. The summed E-state index contributed by atoms with van der Waals surface area (Å²) >= 11 is 0. The number of nitrogens with one attached hydrogen (secondary N) is 1. The lowest BCUT2D eigenvalue weighted by Crippen LogP contribution is -2.26. The van der Waals surface area contributed by atoms with E-state index >= 15 is 0 Å². The first-order chi connectivity index (χ1) is 13.3. The van der Waals surface area contributed by atoms with Crippen molar-refractivity contribution < 1.29 is 8.42 Å². The Morgan fingerprint density at radius 3 is 2.39 bits per heavy atom. The molecule has 0 saturated heterocycles. The fourth-order valence-corrected chi connectivity index (χ4v) is 4.32. The number of rotatable bonds is 8. The fraction of sp³-hybridized carbons (Fsp3) is 0.381. The predicted octanol–water partition coefficient (Wildman–Crippen LogP) is 3.57. The zero-order valence-corrected chi connectivity index (χ0v) is 17.8. The highest BCUT2D eigenvalue weighted by Gasteiger charge is 2.15. The van der Waals surface area contributed by atoms with E-state index < -0.39 is 10.0 Å². The van der Waals surface area contributed by atoms with Crippen molar-refractivity contribution in [3.8, 4) is 0 Å². The van der Waals surface area contributed by atoms with E-state index in [0.717, 1.165) is 48.5 Å². The molecule has 0 aliphatic heterocycles. The molecule has 1 N–H and O–H groups in total. The molecule has 0 bridgehead atoms. The van der Waals surface area contributed by atoms with E-state index in [1.165, 1.54) is 0 Å². The van der Waals surface area contributed by atoms with Crippen molar-refractivity contribution in [1.82, 2.24) is 14.5 Å². The van der Waals surface area contributed by atoms with E-state index in [0.29, 0.717) is 5.69 Å². The maximum absolute atomic E-state index is 12.6. The number of nitrogens with zero attached hydrogens (tertiary/aromatic N) is 3. The van der Waals surface area contributed by atoms with E-state index in [-0.39, 0.29) is 4.90 Å². The van der Waals surface area contributed by atoms with E-state index in [1.807, 2.05) is 20.0 Å². The highest BCUT2D eigenvalue weighted by atomic mass is 32.2. The number of hydrogen-bond donors (Lipinski definition) is 1. The molecular formula is C21H28N4O2S. The van der Waals surface area contributed by atoms with Crippen LogP contribution in [0.2, 0.25) is 0 Å². The molecule has 1 aromatic heterocycles. The van der Waals surface area contributed by atoms with Crippen molar-refractivity contribution in [3.05, 3.63) is 53.9 Å². The van der Waals surface area contributed by atoms with Crippen molar-refractivity contribution in [2.75, 3.05) is 24.4 Å². The molecule has 0 saturated carbocycles. The van der Waals surface area contributed by atoms with E-state index in [4.69, 9.17) is 4.98 Å². The quantitative estimate of drug-likeness (QED) is 0.628. The minimum Gasteiger partial charge on any atom is -0.331 e. The van der Waals surface area contributed by atoms with Gasteiger partial charge in [0.05, 0.1) is 21.6 Å². The molecule has 3 aromatic rings. The number of sulfonamides is 1. The third kappa shape index (κ3) is 4.36. The first-order valence-electron chi connectivity index (χ1n) is 9.61. The Balaban J connectivity index is 1.83. The zero-order valence-electron chi connectivity index (χ0n) is 16.9. The standard InChI is InChI=1S/C21H28N4O2S/c1-5-25(6-2)14-13-21-22-19-15-17(9-12-20(19)24(21)4)23-28(26,27)18-10-7-16(3)8-11-18/h7-12,15,23H,5-6,13-14H2,1-4H3. The molecule has 0 amide bonds. The van der Waals surface area contributed by atoms with Crippen molar-refractivity contribution in [3.63, 3.8) is 0 Å². The Kier molecular flexibility index (Phi) is 6.05. The normalized spacial score (nSPS) is 12.0. The van der Waals surface area contributed by atoms with Gasteiger partial charge < -0.3 is 9.47 Å². The number of fused-ring (bicyclic) bond motifs is 1. The second kappa shape index (κ2) is 8.32. The van der Waals surface area contributed by atoms with Crippen LogP contribution in [0.5, 0.6) is 0 Å². The van der Waals surface area contributed by atoms with E-state index in [9.17, 15) is 8.42 Å². The lowest BCUT2D eigenvalue weighted by molar-refractivity contribution is 0.305. The summed E-state index contributed by atoms with van der Waals surface area (Å²) in [5.74, 6) is 1.00. The van der Waals surface area contributed by atoms with Gasteiger partial charge in [-0.15, -0.1) is 0 Å². The second-order valence-corrected chi connectivity index (χ2v) is 8.67. The summed E-state index contributed by atoms with van der Waals surface area (Å²) in [7, 11) is -1.62. The number of benzene rings is 2. The van der Waals surface area contributed by atoms with Crippen LogP contribution in [0.3, 0.4) is 0 Å². The molecule has 28 heavy (non-hydrogen) atoms. The minimum atomic E-state index is -3.62. The molecule has 2 aromatic carbocycles. The van der Waals surface area contributed by atoms with Gasteiger partial charge in [0.1, 0.15) is 5.82 Å². The molecule has 0 aliphatic carbocycles. The van der Waals surface area contributed by atoms with Crippen LogP contribution in [0, 0.1) is 6.92 Å². The number of likely N-dealkylation sites (N-methyl/N-ethyl adjacent to an activating group) is 1. The van der Waals surface area contributed by atoms with Crippen LogP contribution in [0.1, 0.15) is 25.2 Å². The maximum atomic E-state index is 12.6. The Morgan fingerprint density at radius 1 is 1.07 bits per heavy atom. The highest BCUT2D eigenvalue weighted by molar-refractivity contribution is 7.92. The van der Waals surface area contributed by atoms with Crippen molar-refractivity contribution in [1.29, 1.82) is 0 Å². The van der Waals surface area contributed by atoms with Crippen molar-refractivity contribution in [2.24, 2.45) is 7.05 Å². The van der Waals surface area contributed by atoms with Gasteiger partial charge in [-0.05, 0) is 50.3 Å². The molecule has 0 fully saturated rings. The van der Waals surface area contributed by atoms with Crippen molar-refractivity contribution >= 4 is 26.7 Å². The lowest BCUT2D eigenvalue weighted by atomic mass is 10.2. The van der Waals surface area contributed by atoms with Crippen molar-refractivity contribution in [2.45, 2.75) is 32.1 Å². The summed E-state index contributed by atoms with van der Waals surface area (Å²) in [4.78, 5) is 7.34. The average Bonchev–Trinajstić information content (AvgIpc) is 2.98. The monoisotopic (exact) mass is 400 g/mol. The lowest BCUT2D eigenvalue weighted by Gasteiger charge is -2.17. The fourth-order valence-electron chi connectivity index (χ4n) is 3.27. The van der Waals surface area contributed by atoms with Gasteiger partial charge in [-0.25, -0.2) is 13.4 Å². The summed E-state index contributed by atoms with van der Waals surface area (Å²) < 4.78 is 30.0. The highest BCUT2D eigenvalue weighted by Crippen LogP contribution is 2.22. The third-order valence-electron chi connectivity index (χ3n) is 5.10. The van der Waals surface area contributed by atoms with Gasteiger partial charge in [-0.3, -0.25) is 4.72 Å².